The van der Waals surface area contributed by atoms with Gasteiger partial charge in [-0.1, -0.05) is 20.8 Å². The first-order valence-electron chi connectivity index (χ1n) is 3.94. The van der Waals surface area contributed by atoms with Crippen molar-refractivity contribution in [2.45, 2.75) is 39.7 Å². The van der Waals surface area contributed by atoms with Gasteiger partial charge in [-0.05, 0) is 6.92 Å². The molecule has 0 bridgehead atoms. The van der Waals surface area contributed by atoms with E-state index in [1.807, 2.05) is 13.1 Å². The molecule has 11 heavy (non-hydrogen) atoms. The molecule has 0 saturated carbocycles. The second-order valence-electron chi connectivity index (χ2n) is 3.67. The normalized spacial score (nSPS) is 12.0. The second-order valence-corrected chi connectivity index (χ2v) is 3.67. The smallest absolute Gasteiger partial charge is 0.0880 e. The zero-order valence-corrected chi connectivity index (χ0v) is 7.63. The molecule has 1 rings (SSSR count). The molecule has 0 saturated heterocycles. The summed E-state index contributed by atoms with van der Waals surface area (Å²) in [4.78, 5) is 1.71. The van der Waals surface area contributed by atoms with Crippen LogP contribution in [0.25, 0.3) is 0 Å². The highest BCUT2D eigenvalue weighted by atomic mass is 15.5. The third kappa shape index (κ3) is 1.79. The van der Waals surface area contributed by atoms with Gasteiger partial charge in [0.2, 0.25) is 0 Å². The number of nitrogens with zero attached hydrogens (tertiary/aromatic N) is 3. The van der Waals surface area contributed by atoms with Crippen molar-refractivity contribution in [3.63, 3.8) is 0 Å². The predicted molar refractivity (Wildman–Crippen MR) is 44.4 cm³/mol. The summed E-state index contributed by atoms with van der Waals surface area (Å²) in [6.45, 7) is 9.29. The van der Waals surface area contributed by atoms with E-state index < -0.39 is 0 Å². The van der Waals surface area contributed by atoms with Crippen LogP contribution in [0.5, 0.6) is 0 Å². The third-order valence-corrected chi connectivity index (χ3v) is 1.59. The Balaban J connectivity index is 2.89. The van der Waals surface area contributed by atoms with E-state index in [9.17, 15) is 0 Å². The summed E-state index contributed by atoms with van der Waals surface area (Å²) in [6.07, 6.45) is 1.84. The molecular formula is C8H15N3. The van der Waals surface area contributed by atoms with Crippen molar-refractivity contribution in [3.05, 3.63) is 11.9 Å². The van der Waals surface area contributed by atoms with E-state index in [0.717, 1.165) is 12.2 Å². The van der Waals surface area contributed by atoms with Crippen LogP contribution in [0.1, 0.15) is 33.4 Å². The van der Waals surface area contributed by atoms with Crippen molar-refractivity contribution in [2.75, 3.05) is 0 Å². The zero-order chi connectivity index (χ0) is 8.48. The number of hydrogen-bond acceptors (Lipinski definition) is 2. The lowest BCUT2D eigenvalue weighted by atomic mass is 9.93. The largest absolute Gasteiger partial charge is 0.185 e. The molecule has 1 heterocycles. The highest BCUT2D eigenvalue weighted by molar-refractivity contribution is 5.05. The first-order chi connectivity index (χ1) is 5.04. The van der Waals surface area contributed by atoms with E-state index in [4.69, 9.17) is 0 Å². The van der Waals surface area contributed by atoms with Gasteiger partial charge in [-0.3, -0.25) is 0 Å². The Morgan fingerprint density at radius 2 is 2.09 bits per heavy atom. The quantitative estimate of drug-likeness (QED) is 0.613. The summed E-state index contributed by atoms with van der Waals surface area (Å²) in [5.74, 6) is 0. The van der Waals surface area contributed by atoms with E-state index in [-0.39, 0.29) is 5.41 Å². The van der Waals surface area contributed by atoms with Crippen LogP contribution in [0, 0.1) is 0 Å². The summed E-state index contributed by atoms with van der Waals surface area (Å²) >= 11 is 0. The Kier molecular flexibility index (Phi) is 1.98. The molecule has 1 aromatic heterocycles. The maximum Gasteiger partial charge on any atom is 0.0880 e. The number of rotatable bonds is 1. The summed E-state index contributed by atoms with van der Waals surface area (Å²) in [7, 11) is 0. The molecule has 0 aromatic carbocycles. The van der Waals surface area contributed by atoms with Crippen LogP contribution in [0.15, 0.2) is 6.20 Å². The Bertz CT molecular complexity index is 232. The van der Waals surface area contributed by atoms with Gasteiger partial charge in [-0.15, -0.1) is 0 Å². The maximum absolute atomic E-state index is 4.31. The summed E-state index contributed by atoms with van der Waals surface area (Å²) < 4.78 is 0. The van der Waals surface area contributed by atoms with E-state index in [1.54, 1.807) is 4.80 Å². The molecule has 0 amide bonds. The van der Waals surface area contributed by atoms with Gasteiger partial charge in [0, 0.05) is 5.41 Å². The number of aromatic nitrogens is 3. The molecule has 0 unspecified atom stereocenters. The third-order valence-electron chi connectivity index (χ3n) is 1.59. The van der Waals surface area contributed by atoms with Crippen molar-refractivity contribution in [2.24, 2.45) is 0 Å². The predicted octanol–water partition coefficient (Wildman–Crippen LogP) is 1.60. The maximum atomic E-state index is 4.31. The minimum absolute atomic E-state index is 0.118. The Hall–Kier alpha value is -0.860. The molecule has 1 aromatic rings. The van der Waals surface area contributed by atoms with Crippen LogP contribution >= 0.6 is 0 Å². The molecule has 3 nitrogen and oxygen atoms in total. The lowest BCUT2D eigenvalue weighted by molar-refractivity contribution is 0.520. The Labute approximate surface area is 67.4 Å². The van der Waals surface area contributed by atoms with E-state index in [1.165, 1.54) is 0 Å². The van der Waals surface area contributed by atoms with Crippen LogP contribution in [0.4, 0.5) is 0 Å². The number of aryl methyl sites for hydroxylation is 1. The minimum atomic E-state index is 0.118. The molecular weight excluding hydrogens is 138 g/mol. The van der Waals surface area contributed by atoms with Crippen LogP contribution in [-0.4, -0.2) is 15.0 Å². The Morgan fingerprint density at radius 1 is 1.45 bits per heavy atom. The lowest BCUT2D eigenvalue weighted by Crippen LogP contribution is -2.12. The van der Waals surface area contributed by atoms with Crippen LogP contribution in [0.3, 0.4) is 0 Å². The van der Waals surface area contributed by atoms with Gasteiger partial charge in [0.1, 0.15) is 0 Å². The summed E-state index contributed by atoms with van der Waals surface area (Å²) in [6, 6.07) is 0. The van der Waals surface area contributed by atoms with E-state index in [2.05, 4.69) is 31.0 Å². The first-order valence-corrected chi connectivity index (χ1v) is 3.94. The second kappa shape index (κ2) is 2.64. The highest BCUT2D eigenvalue weighted by Crippen LogP contribution is 2.18. The van der Waals surface area contributed by atoms with Gasteiger partial charge in [0.25, 0.3) is 0 Å². The lowest BCUT2D eigenvalue weighted by Gasteiger charge is -2.12. The molecule has 0 spiro atoms. The van der Waals surface area contributed by atoms with Crippen molar-refractivity contribution >= 4 is 0 Å². The first kappa shape index (κ1) is 8.24. The molecule has 0 aliphatic rings. The van der Waals surface area contributed by atoms with Crippen LogP contribution in [0.2, 0.25) is 0 Å². The molecule has 0 radical (unpaired) electrons. The highest BCUT2D eigenvalue weighted by Gasteiger charge is 2.16. The standard InChI is InChI=1S/C8H15N3/c1-5-11-9-6-7(10-11)8(2,3)4/h6H,5H2,1-4H3. The van der Waals surface area contributed by atoms with Gasteiger partial charge in [0.15, 0.2) is 0 Å². The fourth-order valence-corrected chi connectivity index (χ4v) is 0.793. The van der Waals surface area contributed by atoms with Crippen molar-refractivity contribution in [3.8, 4) is 0 Å². The summed E-state index contributed by atoms with van der Waals surface area (Å²) in [5, 5.41) is 8.41. The zero-order valence-electron chi connectivity index (χ0n) is 7.63. The number of hydrogen-bond donors (Lipinski definition) is 0. The summed E-state index contributed by atoms with van der Waals surface area (Å²) in [5.41, 5.74) is 1.17. The monoisotopic (exact) mass is 153 g/mol. The molecule has 0 aliphatic carbocycles. The average molecular weight is 153 g/mol. The minimum Gasteiger partial charge on any atom is -0.185 e. The molecule has 0 aliphatic heterocycles. The average Bonchev–Trinajstić information content (AvgIpc) is 2.32. The van der Waals surface area contributed by atoms with Crippen LogP contribution in [-0.2, 0) is 12.0 Å². The van der Waals surface area contributed by atoms with Gasteiger partial charge in [0.05, 0.1) is 18.4 Å². The van der Waals surface area contributed by atoms with Crippen molar-refractivity contribution < 1.29 is 0 Å². The topological polar surface area (TPSA) is 30.7 Å². The fraction of sp³-hybridized carbons (Fsp3) is 0.750. The fourth-order valence-electron chi connectivity index (χ4n) is 0.793. The van der Waals surface area contributed by atoms with Gasteiger partial charge in [-0.25, -0.2) is 0 Å². The molecule has 0 N–H and O–H groups in total. The molecule has 62 valence electrons. The molecule has 0 fully saturated rings. The van der Waals surface area contributed by atoms with E-state index in [0.29, 0.717) is 0 Å². The Morgan fingerprint density at radius 3 is 2.36 bits per heavy atom. The van der Waals surface area contributed by atoms with Gasteiger partial charge in [-0.2, -0.15) is 15.0 Å². The van der Waals surface area contributed by atoms with Gasteiger partial charge >= 0.3 is 0 Å². The van der Waals surface area contributed by atoms with Gasteiger partial charge < -0.3 is 0 Å². The van der Waals surface area contributed by atoms with Crippen molar-refractivity contribution in [1.29, 1.82) is 0 Å². The van der Waals surface area contributed by atoms with Crippen LogP contribution < -0.4 is 0 Å². The van der Waals surface area contributed by atoms with E-state index >= 15 is 0 Å². The van der Waals surface area contributed by atoms with Crippen molar-refractivity contribution in [1.82, 2.24) is 15.0 Å². The molecule has 0 atom stereocenters. The molecule has 3 heteroatoms. The SMILES string of the molecule is CCn1ncc(C(C)(C)C)n1.